The van der Waals surface area contributed by atoms with E-state index < -0.39 is 0 Å². The maximum absolute atomic E-state index is 12.2. The average Bonchev–Trinajstić information content (AvgIpc) is 2.69. The topological polar surface area (TPSA) is 83.0 Å². The van der Waals surface area contributed by atoms with E-state index in [1.165, 1.54) is 5.57 Å². The molecular weight excluding hydrogens is 352 g/mol. The van der Waals surface area contributed by atoms with Crippen LogP contribution in [0.25, 0.3) is 11.2 Å². The molecule has 0 saturated heterocycles. The summed E-state index contributed by atoms with van der Waals surface area (Å²) in [6.45, 7) is 6.95. The molecule has 0 spiro atoms. The fourth-order valence-electron chi connectivity index (χ4n) is 3.31. The molecule has 0 radical (unpaired) electrons. The van der Waals surface area contributed by atoms with E-state index in [2.05, 4.69) is 57.5 Å². The Hall–Kier alpha value is -2.54. The molecule has 1 atom stereocenters. The lowest BCUT2D eigenvalue weighted by Gasteiger charge is -2.24. The van der Waals surface area contributed by atoms with Crippen LogP contribution in [0.1, 0.15) is 33.1 Å². The molecule has 0 unspecified atom stereocenters. The smallest absolute Gasteiger partial charge is 0.224 e. The number of anilines is 1. The molecule has 0 saturated carbocycles. The number of hydrogen-bond acceptors (Lipinski definition) is 6. The molecule has 2 aromatic rings. The fourth-order valence-corrected chi connectivity index (χ4v) is 3.31. The zero-order valence-corrected chi connectivity index (χ0v) is 17.0. The molecule has 0 bridgehead atoms. The van der Waals surface area contributed by atoms with Gasteiger partial charge in [-0.05, 0) is 37.9 Å². The largest absolute Gasteiger partial charge is 0.367 e. The van der Waals surface area contributed by atoms with Crippen molar-refractivity contribution in [2.24, 2.45) is 5.92 Å². The van der Waals surface area contributed by atoms with Gasteiger partial charge in [0.15, 0.2) is 5.65 Å². The van der Waals surface area contributed by atoms with Crippen LogP contribution in [0.2, 0.25) is 0 Å². The summed E-state index contributed by atoms with van der Waals surface area (Å²) in [5.41, 5.74) is 2.66. The summed E-state index contributed by atoms with van der Waals surface area (Å²) in [4.78, 5) is 27.5. The number of nitrogens with zero attached hydrogens (tertiary/aromatic N) is 4. The lowest BCUT2D eigenvalue weighted by Crippen LogP contribution is -2.33. The average molecular weight is 383 g/mol. The highest BCUT2D eigenvalue weighted by atomic mass is 16.1. The summed E-state index contributed by atoms with van der Waals surface area (Å²) in [7, 11) is 2.10. The van der Waals surface area contributed by atoms with Crippen LogP contribution in [-0.2, 0) is 4.79 Å². The van der Waals surface area contributed by atoms with Crippen LogP contribution in [0.3, 0.4) is 0 Å². The molecule has 3 heterocycles. The quantitative estimate of drug-likeness (QED) is 0.683. The van der Waals surface area contributed by atoms with Crippen LogP contribution in [0.15, 0.2) is 36.2 Å². The third-order valence-electron chi connectivity index (χ3n) is 5.14. The van der Waals surface area contributed by atoms with Crippen molar-refractivity contribution in [2.45, 2.75) is 39.2 Å². The van der Waals surface area contributed by atoms with Gasteiger partial charge >= 0.3 is 0 Å². The van der Waals surface area contributed by atoms with Gasteiger partial charge in [-0.2, -0.15) is 0 Å². The molecule has 7 nitrogen and oxygen atoms in total. The number of carbonyl (C=O) groups is 1. The van der Waals surface area contributed by atoms with Gasteiger partial charge in [0, 0.05) is 44.5 Å². The Morgan fingerprint density at radius 2 is 2.07 bits per heavy atom. The van der Waals surface area contributed by atoms with E-state index in [-0.39, 0.29) is 11.9 Å². The van der Waals surface area contributed by atoms with Gasteiger partial charge in [0.1, 0.15) is 11.3 Å². The highest BCUT2D eigenvalue weighted by Crippen LogP contribution is 2.16. The Labute approximate surface area is 166 Å². The second kappa shape index (κ2) is 9.59. The fraction of sp³-hybridized carbons (Fsp3) is 0.524. The van der Waals surface area contributed by atoms with Gasteiger partial charge < -0.3 is 15.5 Å². The molecule has 3 rings (SSSR count). The molecule has 1 aliphatic heterocycles. The van der Waals surface area contributed by atoms with Gasteiger partial charge in [-0.25, -0.2) is 9.97 Å². The van der Waals surface area contributed by atoms with Gasteiger partial charge in [0.25, 0.3) is 0 Å². The van der Waals surface area contributed by atoms with E-state index in [9.17, 15) is 4.79 Å². The zero-order chi connectivity index (χ0) is 19.9. The maximum Gasteiger partial charge on any atom is 0.224 e. The first-order chi connectivity index (χ1) is 13.5. The van der Waals surface area contributed by atoms with Crippen molar-refractivity contribution in [1.29, 1.82) is 0 Å². The van der Waals surface area contributed by atoms with Crippen LogP contribution < -0.4 is 10.6 Å². The number of rotatable bonds is 8. The van der Waals surface area contributed by atoms with Crippen LogP contribution >= 0.6 is 0 Å². The van der Waals surface area contributed by atoms with Gasteiger partial charge in [0.05, 0.1) is 0 Å². The number of amides is 1. The van der Waals surface area contributed by atoms with Crippen molar-refractivity contribution < 1.29 is 4.79 Å². The van der Waals surface area contributed by atoms with E-state index in [4.69, 9.17) is 0 Å². The molecule has 0 aromatic carbocycles. The Kier molecular flexibility index (Phi) is 6.92. The highest BCUT2D eigenvalue weighted by molar-refractivity contribution is 5.78. The monoisotopic (exact) mass is 382 g/mol. The Bertz CT molecular complexity index is 835. The predicted octanol–water partition coefficient (Wildman–Crippen LogP) is 2.62. The minimum absolute atomic E-state index is 0.109. The van der Waals surface area contributed by atoms with E-state index in [1.54, 1.807) is 12.4 Å². The third-order valence-corrected chi connectivity index (χ3v) is 5.14. The minimum Gasteiger partial charge on any atom is -0.367 e. The lowest BCUT2D eigenvalue weighted by molar-refractivity contribution is -0.120. The standard InChI is InChI=1S/C21H30N6O/c1-15(2)17(25-19-5-4-18-21(26-19)24-11-10-22-18)6-9-23-20(28)14-16-7-12-27(3)13-8-16/h4-5,7,10-11,15,17H,6,8-9,12-14H2,1-3H3,(H,23,28)(H,24,25,26)/t17-/m1/s1. The molecule has 0 aliphatic carbocycles. The summed E-state index contributed by atoms with van der Waals surface area (Å²) in [5, 5.41) is 6.55. The van der Waals surface area contributed by atoms with Crippen molar-refractivity contribution >= 4 is 22.9 Å². The summed E-state index contributed by atoms with van der Waals surface area (Å²) in [6.07, 6.45) is 7.82. The zero-order valence-electron chi connectivity index (χ0n) is 17.0. The van der Waals surface area contributed by atoms with E-state index in [0.717, 1.165) is 37.3 Å². The molecular formula is C21H30N6O. The third kappa shape index (κ3) is 5.73. The van der Waals surface area contributed by atoms with Crippen molar-refractivity contribution in [2.75, 3.05) is 32.0 Å². The molecule has 0 fully saturated rings. The van der Waals surface area contributed by atoms with Gasteiger partial charge in [-0.1, -0.05) is 25.5 Å². The van der Waals surface area contributed by atoms with Crippen LogP contribution in [0.5, 0.6) is 0 Å². The van der Waals surface area contributed by atoms with E-state index in [1.807, 2.05) is 12.1 Å². The molecule has 150 valence electrons. The molecule has 1 aliphatic rings. The van der Waals surface area contributed by atoms with Crippen molar-refractivity contribution in [3.05, 3.63) is 36.2 Å². The normalized spacial score (nSPS) is 16.1. The van der Waals surface area contributed by atoms with Crippen molar-refractivity contribution in [3.63, 3.8) is 0 Å². The van der Waals surface area contributed by atoms with Gasteiger partial charge in [0.2, 0.25) is 5.91 Å². The first-order valence-electron chi connectivity index (χ1n) is 9.98. The number of fused-ring (bicyclic) bond motifs is 1. The first kappa shape index (κ1) is 20.2. The van der Waals surface area contributed by atoms with Gasteiger partial charge in [-0.3, -0.25) is 9.78 Å². The van der Waals surface area contributed by atoms with E-state index >= 15 is 0 Å². The Morgan fingerprint density at radius 1 is 1.25 bits per heavy atom. The molecule has 1 amide bonds. The minimum atomic E-state index is 0.109. The van der Waals surface area contributed by atoms with E-state index in [0.29, 0.717) is 24.5 Å². The lowest BCUT2D eigenvalue weighted by atomic mass is 10.0. The SMILES string of the molecule is CC(C)[C@@H](CCNC(=O)CC1=CCN(C)CC1)Nc1ccc2nccnc2n1. The first-order valence-corrected chi connectivity index (χ1v) is 9.98. The van der Waals surface area contributed by atoms with Crippen LogP contribution in [0.4, 0.5) is 5.82 Å². The van der Waals surface area contributed by atoms with Crippen LogP contribution in [0, 0.1) is 5.92 Å². The second-order valence-electron chi connectivity index (χ2n) is 7.78. The van der Waals surface area contributed by atoms with Crippen molar-refractivity contribution in [3.8, 4) is 0 Å². The number of nitrogens with one attached hydrogen (secondary N) is 2. The molecule has 2 aromatic heterocycles. The summed E-state index contributed by atoms with van der Waals surface area (Å²) >= 11 is 0. The van der Waals surface area contributed by atoms with Crippen LogP contribution in [-0.4, -0.2) is 58.5 Å². The molecule has 7 heteroatoms. The molecule has 2 N–H and O–H groups in total. The second-order valence-corrected chi connectivity index (χ2v) is 7.78. The Balaban J connectivity index is 1.49. The maximum atomic E-state index is 12.2. The number of carbonyl (C=O) groups excluding carboxylic acids is 1. The Morgan fingerprint density at radius 3 is 2.82 bits per heavy atom. The van der Waals surface area contributed by atoms with Gasteiger partial charge in [-0.15, -0.1) is 0 Å². The molecule has 28 heavy (non-hydrogen) atoms. The number of aromatic nitrogens is 3. The summed E-state index contributed by atoms with van der Waals surface area (Å²) in [6, 6.07) is 4.06. The number of likely N-dealkylation sites (N-methyl/N-ethyl adjacent to an activating group) is 1. The highest BCUT2D eigenvalue weighted by Gasteiger charge is 2.16. The number of pyridine rings is 1. The number of hydrogen-bond donors (Lipinski definition) is 2. The predicted molar refractivity (Wildman–Crippen MR) is 112 cm³/mol. The summed E-state index contributed by atoms with van der Waals surface area (Å²) < 4.78 is 0. The summed E-state index contributed by atoms with van der Waals surface area (Å²) in [5.74, 6) is 1.31. The van der Waals surface area contributed by atoms with Crippen molar-refractivity contribution in [1.82, 2.24) is 25.2 Å².